The van der Waals surface area contributed by atoms with Gasteiger partial charge in [-0.25, -0.2) is 0 Å². The lowest BCUT2D eigenvalue weighted by Crippen LogP contribution is -2.51. The number of aliphatic imine (C=N–C) groups is 1. The summed E-state index contributed by atoms with van der Waals surface area (Å²) in [7, 11) is 1.46. The van der Waals surface area contributed by atoms with Crippen LogP contribution in [0.25, 0.3) is 10.9 Å². The largest absolute Gasteiger partial charge is 0.507 e. The number of hydrogen-bond donors (Lipinski definition) is 5. The summed E-state index contributed by atoms with van der Waals surface area (Å²) in [6, 6.07) is 10.1. The monoisotopic (exact) mass is 931 g/mol. The molecule has 2 aromatic carbocycles. The number of phenolic OH excluding ortho intramolecular Hbond substituents is 1. The van der Waals surface area contributed by atoms with Gasteiger partial charge in [0.05, 0.1) is 58.2 Å². The number of pyridine rings is 1. The van der Waals surface area contributed by atoms with E-state index >= 15 is 0 Å². The number of amides is 1. The van der Waals surface area contributed by atoms with Crippen molar-refractivity contribution in [3.8, 4) is 11.5 Å². The summed E-state index contributed by atoms with van der Waals surface area (Å²) in [4.78, 5) is 68.6. The van der Waals surface area contributed by atoms with Crippen LogP contribution in [0.1, 0.15) is 92.3 Å². The summed E-state index contributed by atoms with van der Waals surface area (Å²) < 4.78 is 24.1. The number of likely N-dealkylation sites (tertiary alicyclic amines) is 1. The molecule has 16 nitrogen and oxygen atoms in total. The highest BCUT2D eigenvalue weighted by molar-refractivity contribution is 6.34. The van der Waals surface area contributed by atoms with Crippen molar-refractivity contribution in [3.63, 3.8) is 0 Å². The molecule has 1 unspecified atom stereocenters. The number of para-hydroxylation sites is 1. The third-order valence-electron chi connectivity index (χ3n) is 14.4. The van der Waals surface area contributed by atoms with Crippen LogP contribution in [-0.4, -0.2) is 117 Å². The van der Waals surface area contributed by atoms with Crippen molar-refractivity contribution in [3.05, 3.63) is 112 Å². The number of nitrogens with zero attached hydrogens (tertiary/aromatic N) is 3. The molecule has 1 aromatic heterocycles. The molecule has 5 bridgehead atoms. The third kappa shape index (κ3) is 8.74. The lowest BCUT2D eigenvalue weighted by Gasteiger charge is -2.38. The van der Waals surface area contributed by atoms with E-state index in [4.69, 9.17) is 23.9 Å². The number of carbonyl (C=O) groups excluding carboxylic acids is 4. The fourth-order valence-corrected chi connectivity index (χ4v) is 10.3. The number of phenols is 1. The van der Waals surface area contributed by atoms with E-state index < -0.39 is 88.6 Å². The van der Waals surface area contributed by atoms with E-state index in [2.05, 4.69) is 26.6 Å². The molecule has 5 N–H and O–H groups in total. The van der Waals surface area contributed by atoms with Gasteiger partial charge in [0.15, 0.2) is 0 Å². The van der Waals surface area contributed by atoms with E-state index in [9.17, 15) is 34.5 Å². The number of esters is 1. The van der Waals surface area contributed by atoms with Crippen LogP contribution in [0.2, 0.25) is 0 Å². The Morgan fingerprint density at radius 1 is 0.985 bits per heavy atom. The highest BCUT2D eigenvalue weighted by Crippen LogP contribution is 2.50. The molecule has 360 valence electrons. The SMILES string of the molecule is CO[C@H]1/C=C/O[C@@]2(C)Oc3c(C)c(O)c4c(c3C2=O)C2=NC3(CCN(Cc5cnc6ccccc6c5)C3)CNC2=C(NC(=O)/C(C)=C\C=C\[C@H](C)[C@H](O)[C@@H](C)[C@@H](O)[C@@H](C)[C@H](OC(C)=O)[C@@H]1C)C4=O. The number of methoxy groups -OCH3 is 1. The molecule has 1 spiro atoms. The van der Waals surface area contributed by atoms with Gasteiger partial charge in [0.25, 0.3) is 11.7 Å². The highest BCUT2D eigenvalue weighted by Gasteiger charge is 2.54. The standard InChI is InChI=1S/C52H61N5O11/c1-26-13-12-14-27(2)50(64)55-42-41-40(56-52(24-54-41)18-19-57(25-52)23-33-21-34-15-10-11-16-35(34)53-22-33)37-38(46(42)62)45(61)31(6)48-39(37)49(63)51(8,68-48)66-20-17-36(65-9)28(3)47(67-32(7)58)30(5)44(60)29(4)43(26)59/h10-17,20-22,26,28-30,36,43-44,47,54,59-61H,18-19,23-25H2,1-9H3,(H,55,64)/b13-12+,20-17+,27-14-/t26-,28+,29+,30+,36-,43-,44+,47+,51-,52?/m0/s1. The number of aromatic hydroxyl groups is 1. The number of hydrogen-bond acceptors (Lipinski definition) is 15. The maximum Gasteiger partial charge on any atom is 0.312 e. The first kappa shape index (κ1) is 48.3. The zero-order chi connectivity index (χ0) is 49.0. The van der Waals surface area contributed by atoms with Crippen molar-refractivity contribution in [2.45, 2.75) is 104 Å². The summed E-state index contributed by atoms with van der Waals surface area (Å²) in [6.07, 6.45) is 6.32. The van der Waals surface area contributed by atoms with Crippen molar-refractivity contribution in [2.24, 2.45) is 28.7 Å². The van der Waals surface area contributed by atoms with Crippen LogP contribution in [0, 0.1) is 30.6 Å². The Morgan fingerprint density at radius 2 is 1.74 bits per heavy atom. The summed E-state index contributed by atoms with van der Waals surface area (Å²) in [5.41, 5.74) is 1.66. The first-order chi connectivity index (χ1) is 32.3. The van der Waals surface area contributed by atoms with Gasteiger partial charge >= 0.3 is 11.8 Å². The maximum absolute atomic E-state index is 14.9. The number of ether oxygens (including phenoxy) is 4. The minimum atomic E-state index is -2.00. The Kier molecular flexibility index (Phi) is 13.3. The van der Waals surface area contributed by atoms with E-state index in [1.165, 1.54) is 34.1 Å². The second kappa shape index (κ2) is 18.7. The zero-order valence-electron chi connectivity index (χ0n) is 40.0. The number of nitrogens with one attached hydrogen (secondary N) is 2. The minimum absolute atomic E-state index is 0.00684. The molecule has 68 heavy (non-hydrogen) atoms. The van der Waals surface area contributed by atoms with Gasteiger partial charge in [0, 0.05) is 99.1 Å². The van der Waals surface area contributed by atoms with Gasteiger partial charge in [-0.3, -0.25) is 34.1 Å². The number of aromatic nitrogens is 1. The van der Waals surface area contributed by atoms with E-state index in [0.717, 1.165) is 16.5 Å². The van der Waals surface area contributed by atoms with Gasteiger partial charge in [-0.1, -0.05) is 64.1 Å². The molecule has 1 fully saturated rings. The molecule has 8 rings (SSSR count). The molecule has 3 aromatic rings. The number of carbonyl (C=O) groups is 4. The van der Waals surface area contributed by atoms with Crippen LogP contribution in [-0.2, 0) is 30.3 Å². The average molecular weight is 932 g/mol. The van der Waals surface area contributed by atoms with Gasteiger partial charge in [-0.15, -0.1) is 0 Å². The molecule has 1 aliphatic carbocycles. The minimum Gasteiger partial charge on any atom is -0.507 e. The fraction of sp³-hybridized carbons (Fsp3) is 0.462. The quantitative estimate of drug-likeness (QED) is 0.208. The fourth-order valence-electron chi connectivity index (χ4n) is 10.3. The number of allylic oxidation sites excluding steroid dienone is 4. The van der Waals surface area contributed by atoms with E-state index in [1.54, 1.807) is 58.9 Å². The lowest BCUT2D eigenvalue weighted by molar-refractivity contribution is -0.160. The summed E-state index contributed by atoms with van der Waals surface area (Å²) in [5.74, 6) is -7.45. The van der Waals surface area contributed by atoms with Crippen LogP contribution in [0.3, 0.4) is 0 Å². The molecule has 5 aliphatic rings. The average Bonchev–Trinajstić information content (AvgIpc) is 3.83. The summed E-state index contributed by atoms with van der Waals surface area (Å²) >= 11 is 0. The van der Waals surface area contributed by atoms with Crippen LogP contribution in [0.4, 0.5) is 0 Å². The van der Waals surface area contributed by atoms with Crippen molar-refractivity contribution in [2.75, 3.05) is 26.7 Å². The van der Waals surface area contributed by atoms with Crippen LogP contribution >= 0.6 is 0 Å². The summed E-state index contributed by atoms with van der Waals surface area (Å²) in [5, 5.41) is 42.3. The van der Waals surface area contributed by atoms with Crippen molar-refractivity contribution < 1.29 is 53.4 Å². The Hall–Kier alpha value is -6.20. The first-order valence-electron chi connectivity index (χ1n) is 23.2. The van der Waals surface area contributed by atoms with E-state index in [-0.39, 0.29) is 50.7 Å². The Labute approximate surface area is 395 Å². The predicted molar refractivity (Wildman–Crippen MR) is 253 cm³/mol. The topological polar surface area (TPSA) is 218 Å². The molecular formula is C52H61N5O11. The molecule has 16 heteroatoms. The molecule has 0 saturated carbocycles. The Balaban J connectivity index is 1.23. The number of aliphatic hydroxyl groups is 2. The van der Waals surface area contributed by atoms with Crippen LogP contribution in [0.15, 0.2) is 89.1 Å². The van der Waals surface area contributed by atoms with Gasteiger partial charge < -0.3 is 44.9 Å². The second-order valence-electron chi connectivity index (χ2n) is 19.2. The van der Waals surface area contributed by atoms with Gasteiger partial charge in [0.1, 0.15) is 23.3 Å². The van der Waals surface area contributed by atoms with Gasteiger partial charge in [-0.2, -0.15) is 0 Å². The van der Waals surface area contributed by atoms with Crippen molar-refractivity contribution in [1.82, 2.24) is 20.5 Å². The molecule has 1 amide bonds. The van der Waals surface area contributed by atoms with Crippen molar-refractivity contribution in [1.29, 1.82) is 0 Å². The number of Topliss-reactive ketones (excluding diaryl/α,β-unsaturated/α-hetero) is 2. The highest BCUT2D eigenvalue weighted by atomic mass is 16.7. The molecule has 5 heterocycles. The van der Waals surface area contributed by atoms with Crippen LogP contribution in [0.5, 0.6) is 11.5 Å². The lowest BCUT2D eigenvalue weighted by atomic mass is 9.78. The van der Waals surface area contributed by atoms with Gasteiger partial charge in [-0.05, 0) is 44.0 Å². The Bertz CT molecular complexity index is 2730. The second-order valence-corrected chi connectivity index (χ2v) is 19.2. The number of ketones is 2. The first-order valence-corrected chi connectivity index (χ1v) is 23.2. The molecule has 1 saturated heterocycles. The maximum atomic E-state index is 14.9. The van der Waals surface area contributed by atoms with Gasteiger partial charge in [0.2, 0.25) is 5.78 Å². The molecule has 0 radical (unpaired) electrons. The molecule has 10 atom stereocenters. The van der Waals surface area contributed by atoms with E-state index in [1.807, 2.05) is 30.5 Å². The molecule has 4 aliphatic heterocycles. The predicted octanol–water partition coefficient (Wildman–Crippen LogP) is 5.36. The third-order valence-corrected chi connectivity index (χ3v) is 14.4. The smallest absolute Gasteiger partial charge is 0.312 e. The number of benzene rings is 2. The zero-order valence-corrected chi connectivity index (χ0v) is 40.0. The Morgan fingerprint density at radius 3 is 2.47 bits per heavy atom. The number of rotatable bonds is 4. The van der Waals surface area contributed by atoms with E-state index in [0.29, 0.717) is 32.6 Å². The molecular weight excluding hydrogens is 871 g/mol. The van der Waals surface area contributed by atoms with Crippen molar-refractivity contribution >= 4 is 40.1 Å². The number of aliphatic hydroxyl groups excluding tert-OH is 2. The van der Waals surface area contributed by atoms with Crippen LogP contribution < -0.4 is 15.4 Å². The normalized spacial score (nSPS) is 32.9. The summed E-state index contributed by atoms with van der Waals surface area (Å²) in [6.45, 7) is 14.9. The number of fused-ring (bicyclic) bond motifs is 4.